The lowest BCUT2D eigenvalue weighted by atomic mass is 10.3. The van der Waals surface area contributed by atoms with Gasteiger partial charge >= 0.3 is 0 Å². The standard InChI is InChI=1S/C12H27NO4/c1-5-16-11(14-3)7-9-13-10-8-12(15-4)17-6-2/h11-13H,5-10H2,1-4H3. The third-order valence-corrected chi connectivity index (χ3v) is 2.34. The van der Waals surface area contributed by atoms with E-state index in [1.54, 1.807) is 14.2 Å². The zero-order valence-corrected chi connectivity index (χ0v) is 11.5. The SMILES string of the molecule is CCOC(CCNCCC(OC)OCC)OC. The molecule has 0 spiro atoms. The fourth-order valence-electron chi connectivity index (χ4n) is 1.48. The van der Waals surface area contributed by atoms with Gasteiger partial charge in [0.05, 0.1) is 0 Å². The summed E-state index contributed by atoms with van der Waals surface area (Å²) in [4.78, 5) is 0. The largest absolute Gasteiger partial charge is 0.356 e. The number of nitrogens with one attached hydrogen (secondary N) is 1. The molecular formula is C12H27NO4. The summed E-state index contributed by atoms with van der Waals surface area (Å²) in [7, 11) is 3.33. The molecule has 0 radical (unpaired) electrons. The Morgan fingerprint density at radius 3 is 1.53 bits per heavy atom. The van der Waals surface area contributed by atoms with E-state index in [2.05, 4.69) is 5.32 Å². The Morgan fingerprint density at radius 1 is 0.824 bits per heavy atom. The molecule has 0 heterocycles. The first-order valence-electron chi connectivity index (χ1n) is 6.27. The van der Waals surface area contributed by atoms with E-state index < -0.39 is 0 Å². The third kappa shape index (κ3) is 9.50. The fraction of sp³-hybridized carbons (Fsp3) is 1.00. The highest BCUT2D eigenvalue weighted by Crippen LogP contribution is 2.00. The minimum atomic E-state index is -0.113. The van der Waals surface area contributed by atoms with E-state index in [1.807, 2.05) is 13.8 Å². The van der Waals surface area contributed by atoms with Crippen molar-refractivity contribution in [2.75, 3.05) is 40.5 Å². The van der Waals surface area contributed by atoms with Gasteiger partial charge in [-0.3, -0.25) is 0 Å². The first-order valence-corrected chi connectivity index (χ1v) is 6.27. The summed E-state index contributed by atoms with van der Waals surface area (Å²) < 4.78 is 21.1. The van der Waals surface area contributed by atoms with Crippen molar-refractivity contribution in [1.82, 2.24) is 5.32 Å². The third-order valence-electron chi connectivity index (χ3n) is 2.34. The van der Waals surface area contributed by atoms with Crippen molar-refractivity contribution >= 4 is 0 Å². The van der Waals surface area contributed by atoms with Crippen LogP contribution >= 0.6 is 0 Å². The van der Waals surface area contributed by atoms with Crippen molar-refractivity contribution in [3.05, 3.63) is 0 Å². The molecule has 0 aromatic rings. The summed E-state index contributed by atoms with van der Waals surface area (Å²) in [5, 5.41) is 3.31. The van der Waals surface area contributed by atoms with Gasteiger partial charge in [-0.1, -0.05) is 0 Å². The van der Waals surface area contributed by atoms with Crippen LogP contribution in [0.15, 0.2) is 0 Å². The summed E-state index contributed by atoms with van der Waals surface area (Å²) in [5.74, 6) is 0. The Bertz CT molecular complexity index is 141. The Labute approximate surface area is 105 Å². The van der Waals surface area contributed by atoms with Crippen LogP contribution in [0.3, 0.4) is 0 Å². The molecule has 0 aliphatic rings. The fourth-order valence-corrected chi connectivity index (χ4v) is 1.48. The molecule has 0 bridgehead atoms. The number of ether oxygens (including phenoxy) is 4. The van der Waals surface area contributed by atoms with Crippen molar-refractivity contribution in [2.24, 2.45) is 0 Å². The summed E-state index contributed by atoms with van der Waals surface area (Å²) in [6.07, 6.45) is 1.46. The Morgan fingerprint density at radius 2 is 1.24 bits per heavy atom. The van der Waals surface area contributed by atoms with Gasteiger partial charge in [0.25, 0.3) is 0 Å². The highest BCUT2D eigenvalue weighted by molar-refractivity contribution is 4.53. The number of hydrogen-bond donors (Lipinski definition) is 1. The maximum absolute atomic E-state index is 5.37. The Balaban J connectivity index is 3.43. The van der Waals surface area contributed by atoms with Crippen LogP contribution in [0.2, 0.25) is 0 Å². The van der Waals surface area contributed by atoms with E-state index in [0.29, 0.717) is 13.2 Å². The van der Waals surface area contributed by atoms with Gasteiger partial charge in [0.2, 0.25) is 0 Å². The smallest absolute Gasteiger partial charge is 0.158 e. The lowest BCUT2D eigenvalue weighted by Gasteiger charge is -2.17. The van der Waals surface area contributed by atoms with Gasteiger partial charge in [-0.15, -0.1) is 0 Å². The van der Waals surface area contributed by atoms with Crippen LogP contribution in [0.4, 0.5) is 0 Å². The van der Waals surface area contributed by atoms with Crippen LogP contribution in [0.5, 0.6) is 0 Å². The zero-order chi connectivity index (χ0) is 12.9. The molecule has 0 aliphatic heterocycles. The van der Waals surface area contributed by atoms with Gasteiger partial charge in [-0.05, 0) is 26.9 Å². The maximum atomic E-state index is 5.37. The van der Waals surface area contributed by atoms with E-state index >= 15 is 0 Å². The van der Waals surface area contributed by atoms with Crippen molar-refractivity contribution in [2.45, 2.75) is 39.3 Å². The zero-order valence-electron chi connectivity index (χ0n) is 11.5. The molecule has 5 heteroatoms. The molecule has 0 rings (SSSR count). The molecule has 17 heavy (non-hydrogen) atoms. The van der Waals surface area contributed by atoms with Crippen LogP contribution in [0, 0.1) is 0 Å². The minimum Gasteiger partial charge on any atom is -0.356 e. The molecule has 0 fully saturated rings. The second-order valence-corrected chi connectivity index (χ2v) is 3.57. The Kier molecular flexibility index (Phi) is 12.1. The van der Waals surface area contributed by atoms with Gasteiger partial charge in [0.15, 0.2) is 12.6 Å². The predicted molar refractivity (Wildman–Crippen MR) is 66.9 cm³/mol. The summed E-state index contributed by atoms with van der Waals surface area (Å²) in [5.41, 5.74) is 0. The minimum absolute atomic E-state index is 0.113. The molecule has 0 aliphatic carbocycles. The summed E-state index contributed by atoms with van der Waals surface area (Å²) >= 11 is 0. The first kappa shape index (κ1) is 16.8. The topological polar surface area (TPSA) is 49.0 Å². The highest BCUT2D eigenvalue weighted by atomic mass is 16.7. The maximum Gasteiger partial charge on any atom is 0.158 e. The lowest BCUT2D eigenvalue weighted by molar-refractivity contribution is -0.125. The average molecular weight is 249 g/mol. The Hall–Kier alpha value is -0.200. The number of rotatable bonds is 12. The molecular weight excluding hydrogens is 222 g/mol. The van der Waals surface area contributed by atoms with E-state index in [9.17, 15) is 0 Å². The van der Waals surface area contributed by atoms with Gasteiger partial charge < -0.3 is 24.3 Å². The van der Waals surface area contributed by atoms with Crippen molar-refractivity contribution < 1.29 is 18.9 Å². The van der Waals surface area contributed by atoms with E-state index in [0.717, 1.165) is 25.9 Å². The number of methoxy groups -OCH3 is 2. The normalized spacial score (nSPS) is 14.8. The molecule has 0 amide bonds. The lowest BCUT2D eigenvalue weighted by Crippen LogP contribution is -2.27. The van der Waals surface area contributed by atoms with Crippen LogP contribution in [-0.4, -0.2) is 53.1 Å². The molecule has 2 atom stereocenters. The molecule has 2 unspecified atom stereocenters. The van der Waals surface area contributed by atoms with Crippen LogP contribution in [0.1, 0.15) is 26.7 Å². The highest BCUT2D eigenvalue weighted by Gasteiger charge is 2.07. The molecule has 0 saturated heterocycles. The molecule has 5 nitrogen and oxygen atoms in total. The number of hydrogen-bond acceptors (Lipinski definition) is 5. The van der Waals surface area contributed by atoms with Crippen molar-refractivity contribution in [3.8, 4) is 0 Å². The van der Waals surface area contributed by atoms with E-state index in [-0.39, 0.29) is 12.6 Å². The second kappa shape index (κ2) is 12.3. The first-order chi connectivity index (χ1) is 8.28. The van der Waals surface area contributed by atoms with E-state index in [1.165, 1.54) is 0 Å². The molecule has 1 N–H and O–H groups in total. The summed E-state index contributed by atoms with van der Waals surface area (Å²) in [6.45, 7) is 7.00. The predicted octanol–water partition coefficient (Wildman–Crippen LogP) is 1.37. The van der Waals surface area contributed by atoms with Crippen LogP contribution < -0.4 is 5.32 Å². The van der Waals surface area contributed by atoms with Gasteiger partial charge in [0, 0.05) is 40.3 Å². The van der Waals surface area contributed by atoms with Crippen LogP contribution in [0.25, 0.3) is 0 Å². The average Bonchev–Trinajstić information content (AvgIpc) is 2.35. The summed E-state index contributed by atoms with van der Waals surface area (Å²) in [6, 6.07) is 0. The van der Waals surface area contributed by atoms with Gasteiger partial charge in [-0.25, -0.2) is 0 Å². The molecule has 104 valence electrons. The van der Waals surface area contributed by atoms with Crippen molar-refractivity contribution in [3.63, 3.8) is 0 Å². The molecule has 0 aromatic heterocycles. The molecule has 0 aromatic carbocycles. The van der Waals surface area contributed by atoms with Crippen molar-refractivity contribution in [1.29, 1.82) is 0 Å². The van der Waals surface area contributed by atoms with E-state index in [4.69, 9.17) is 18.9 Å². The second-order valence-electron chi connectivity index (χ2n) is 3.57. The van der Waals surface area contributed by atoms with Gasteiger partial charge in [0.1, 0.15) is 0 Å². The quantitative estimate of drug-likeness (QED) is 0.418. The molecule has 0 saturated carbocycles. The van der Waals surface area contributed by atoms with Crippen LogP contribution in [-0.2, 0) is 18.9 Å². The van der Waals surface area contributed by atoms with Gasteiger partial charge in [-0.2, -0.15) is 0 Å². The monoisotopic (exact) mass is 249 g/mol.